The summed E-state index contributed by atoms with van der Waals surface area (Å²) < 4.78 is 10.1. The SMILES string of the molecule is C=CC1(C(=O)OC)CCN(C(=O)OC(C)(C)C)CC1. The van der Waals surface area contributed by atoms with Crippen LogP contribution in [0.2, 0.25) is 0 Å². The Hall–Kier alpha value is -1.52. The van der Waals surface area contributed by atoms with Crippen LogP contribution in [0.25, 0.3) is 0 Å². The van der Waals surface area contributed by atoms with Crippen LogP contribution < -0.4 is 0 Å². The lowest BCUT2D eigenvalue weighted by molar-refractivity contribution is -0.152. The largest absolute Gasteiger partial charge is 0.468 e. The maximum Gasteiger partial charge on any atom is 0.410 e. The summed E-state index contributed by atoms with van der Waals surface area (Å²) in [4.78, 5) is 25.3. The lowest BCUT2D eigenvalue weighted by atomic mass is 9.78. The number of nitrogens with zero attached hydrogens (tertiary/aromatic N) is 1. The molecule has 1 fully saturated rings. The number of rotatable bonds is 2. The van der Waals surface area contributed by atoms with Crippen molar-refractivity contribution >= 4 is 12.1 Å². The minimum atomic E-state index is -0.673. The zero-order valence-electron chi connectivity index (χ0n) is 12.2. The van der Waals surface area contributed by atoms with Gasteiger partial charge in [-0.2, -0.15) is 0 Å². The Morgan fingerprint density at radius 2 is 1.79 bits per heavy atom. The van der Waals surface area contributed by atoms with E-state index in [0.29, 0.717) is 25.9 Å². The van der Waals surface area contributed by atoms with Gasteiger partial charge in [-0.25, -0.2) is 4.79 Å². The van der Waals surface area contributed by atoms with E-state index in [2.05, 4.69) is 6.58 Å². The normalized spacial score (nSPS) is 18.6. The van der Waals surface area contributed by atoms with E-state index in [9.17, 15) is 9.59 Å². The van der Waals surface area contributed by atoms with Gasteiger partial charge in [0.25, 0.3) is 0 Å². The summed E-state index contributed by atoms with van der Waals surface area (Å²) in [6.07, 6.45) is 2.32. The number of hydrogen-bond acceptors (Lipinski definition) is 4. The van der Waals surface area contributed by atoms with E-state index in [1.54, 1.807) is 11.0 Å². The van der Waals surface area contributed by atoms with E-state index in [1.807, 2.05) is 20.8 Å². The lowest BCUT2D eigenvalue weighted by Crippen LogP contribution is -2.47. The van der Waals surface area contributed by atoms with Gasteiger partial charge in [0.1, 0.15) is 5.60 Å². The van der Waals surface area contributed by atoms with Crippen LogP contribution in [0.3, 0.4) is 0 Å². The van der Waals surface area contributed by atoms with Crippen LogP contribution in [0.1, 0.15) is 33.6 Å². The van der Waals surface area contributed by atoms with E-state index in [1.165, 1.54) is 7.11 Å². The van der Waals surface area contributed by atoms with Gasteiger partial charge in [0, 0.05) is 13.1 Å². The molecule has 0 atom stereocenters. The Morgan fingerprint density at radius 3 is 2.16 bits per heavy atom. The van der Waals surface area contributed by atoms with Gasteiger partial charge >= 0.3 is 12.1 Å². The van der Waals surface area contributed by atoms with Gasteiger partial charge in [0.2, 0.25) is 0 Å². The molecule has 0 N–H and O–H groups in total. The van der Waals surface area contributed by atoms with Crippen LogP contribution in [0.5, 0.6) is 0 Å². The Morgan fingerprint density at radius 1 is 1.26 bits per heavy atom. The van der Waals surface area contributed by atoms with Crippen molar-refractivity contribution in [1.82, 2.24) is 4.90 Å². The molecule has 1 heterocycles. The molecule has 1 rings (SSSR count). The number of amides is 1. The average molecular weight is 269 g/mol. The number of methoxy groups -OCH3 is 1. The van der Waals surface area contributed by atoms with Crippen LogP contribution in [0.4, 0.5) is 4.79 Å². The van der Waals surface area contributed by atoms with E-state index in [0.717, 1.165) is 0 Å². The molecule has 0 aromatic heterocycles. The Balaban J connectivity index is 2.64. The molecule has 0 radical (unpaired) electrons. The molecule has 5 nitrogen and oxygen atoms in total. The topological polar surface area (TPSA) is 55.8 Å². The van der Waals surface area contributed by atoms with Crippen molar-refractivity contribution in [3.63, 3.8) is 0 Å². The number of esters is 1. The average Bonchev–Trinajstić information content (AvgIpc) is 2.35. The first kappa shape index (κ1) is 15.5. The van der Waals surface area contributed by atoms with Crippen molar-refractivity contribution < 1.29 is 19.1 Å². The summed E-state index contributed by atoms with van der Waals surface area (Å²) in [5.41, 5.74) is -1.18. The predicted octanol–water partition coefficient (Wildman–Crippen LogP) is 2.36. The number of piperidine rings is 1. The summed E-state index contributed by atoms with van der Waals surface area (Å²) in [5.74, 6) is -0.286. The first-order chi connectivity index (χ1) is 8.74. The second kappa shape index (κ2) is 5.63. The molecule has 1 aliphatic rings. The third-order valence-corrected chi connectivity index (χ3v) is 3.29. The fraction of sp³-hybridized carbons (Fsp3) is 0.714. The molecule has 0 aromatic rings. The van der Waals surface area contributed by atoms with Crippen LogP contribution in [-0.4, -0.2) is 42.8 Å². The number of carbonyl (C=O) groups excluding carboxylic acids is 2. The van der Waals surface area contributed by atoms with Crippen molar-refractivity contribution in [2.75, 3.05) is 20.2 Å². The summed E-state index contributed by atoms with van der Waals surface area (Å²) in [6, 6.07) is 0. The van der Waals surface area contributed by atoms with E-state index >= 15 is 0 Å². The summed E-state index contributed by atoms with van der Waals surface area (Å²) >= 11 is 0. The molecule has 108 valence electrons. The molecule has 0 aliphatic carbocycles. The Kier molecular flexibility index (Phi) is 4.61. The minimum absolute atomic E-state index is 0.286. The number of hydrogen-bond donors (Lipinski definition) is 0. The Labute approximate surface area is 114 Å². The molecular formula is C14H23NO4. The van der Waals surface area contributed by atoms with Gasteiger partial charge in [0.15, 0.2) is 0 Å². The highest BCUT2D eigenvalue weighted by Gasteiger charge is 2.41. The fourth-order valence-electron chi connectivity index (χ4n) is 2.11. The van der Waals surface area contributed by atoms with Crippen molar-refractivity contribution in [2.45, 2.75) is 39.2 Å². The molecule has 0 aromatic carbocycles. The van der Waals surface area contributed by atoms with Gasteiger partial charge in [-0.3, -0.25) is 4.79 Å². The number of likely N-dealkylation sites (tertiary alicyclic amines) is 1. The standard InChI is InChI=1S/C14H23NO4/c1-6-14(11(16)18-5)7-9-15(10-8-14)12(17)19-13(2,3)4/h6H,1,7-10H2,2-5H3. The van der Waals surface area contributed by atoms with Gasteiger partial charge in [0.05, 0.1) is 12.5 Å². The molecule has 1 amide bonds. The number of ether oxygens (including phenoxy) is 2. The smallest absolute Gasteiger partial charge is 0.410 e. The van der Waals surface area contributed by atoms with E-state index < -0.39 is 11.0 Å². The molecule has 1 aliphatic heterocycles. The number of carbonyl (C=O) groups is 2. The lowest BCUT2D eigenvalue weighted by Gasteiger charge is -2.38. The predicted molar refractivity (Wildman–Crippen MR) is 71.7 cm³/mol. The second-order valence-electron chi connectivity index (χ2n) is 5.82. The van der Waals surface area contributed by atoms with Crippen LogP contribution in [0, 0.1) is 5.41 Å². The van der Waals surface area contributed by atoms with Crippen molar-refractivity contribution in [1.29, 1.82) is 0 Å². The minimum Gasteiger partial charge on any atom is -0.468 e. The van der Waals surface area contributed by atoms with Crippen molar-refractivity contribution in [2.24, 2.45) is 5.41 Å². The fourth-order valence-corrected chi connectivity index (χ4v) is 2.11. The van der Waals surface area contributed by atoms with Crippen molar-refractivity contribution in [3.05, 3.63) is 12.7 Å². The Bertz CT molecular complexity index is 362. The first-order valence-corrected chi connectivity index (χ1v) is 6.44. The maximum absolute atomic E-state index is 11.9. The highest BCUT2D eigenvalue weighted by molar-refractivity contribution is 5.79. The third kappa shape index (κ3) is 3.72. The monoisotopic (exact) mass is 269 g/mol. The molecule has 0 unspecified atom stereocenters. The van der Waals surface area contributed by atoms with Crippen molar-refractivity contribution in [3.8, 4) is 0 Å². The van der Waals surface area contributed by atoms with Crippen LogP contribution >= 0.6 is 0 Å². The molecule has 5 heteroatoms. The van der Waals surface area contributed by atoms with E-state index in [-0.39, 0.29) is 12.1 Å². The molecular weight excluding hydrogens is 246 g/mol. The van der Waals surface area contributed by atoms with Gasteiger partial charge in [-0.1, -0.05) is 6.08 Å². The summed E-state index contributed by atoms with van der Waals surface area (Å²) in [6.45, 7) is 10.1. The summed E-state index contributed by atoms with van der Waals surface area (Å²) in [7, 11) is 1.37. The molecule has 19 heavy (non-hydrogen) atoms. The molecule has 0 bridgehead atoms. The highest BCUT2D eigenvalue weighted by Crippen LogP contribution is 2.34. The second-order valence-corrected chi connectivity index (χ2v) is 5.82. The van der Waals surface area contributed by atoms with Crippen LogP contribution in [0.15, 0.2) is 12.7 Å². The van der Waals surface area contributed by atoms with Crippen LogP contribution in [-0.2, 0) is 14.3 Å². The zero-order chi connectivity index (χ0) is 14.7. The first-order valence-electron chi connectivity index (χ1n) is 6.44. The van der Waals surface area contributed by atoms with Gasteiger partial charge in [-0.15, -0.1) is 6.58 Å². The molecule has 1 saturated heterocycles. The van der Waals surface area contributed by atoms with Gasteiger partial charge < -0.3 is 14.4 Å². The molecule has 0 spiro atoms. The summed E-state index contributed by atoms with van der Waals surface area (Å²) in [5, 5.41) is 0. The third-order valence-electron chi connectivity index (χ3n) is 3.29. The van der Waals surface area contributed by atoms with Gasteiger partial charge in [-0.05, 0) is 33.6 Å². The molecule has 0 saturated carbocycles. The van der Waals surface area contributed by atoms with E-state index in [4.69, 9.17) is 9.47 Å². The highest BCUT2D eigenvalue weighted by atomic mass is 16.6. The maximum atomic E-state index is 11.9. The zero-order valence-corrected chi connectivity index (χ0v) is 12.2. The quantitative estimate of drug-likeness (QED) is 0.570.